The summed E-state index contributed by atoms with van der Waals surface area (Å²) in [6.45, 7) is 0.544. The Balaban J connectivity index is 2.04. The van der Waals surface area contributed by atoms with Gasteiger partial charge in [0.2, 0.25) is 5.95 Å². The average molecular weight is 343 g/mol. The highest BCUT2D eigenvalue weighted by atomic mass is 79.9. The van der Waals surface area contributed by atoms with Crippen LogP contribution in [-0.4, -0.2) is 23.6 Å². The number of ether oxygens (including phenoxy) is 1. The molecule has 0 aliphatic heterocycles. The molecule has 1 unspecified atom stereocenters. The molecular weight excluding hydrogens is 330 g/mol. The van der Waals surface area contributed by atoms with Crippen LogP contribution < -0.4 is 5.32 Å². The topological polar surface area (TPSA) is 47.0 Å². The van der Waals surface area contributed by atoms with Gasteiger partial charge in [-0.05, 0) is 22.0 Å². The van der Waals surface area contributed by atoms with Crippen molar-refractivity contribution in [3.05, 3.63) is 51.7 Å². The summed E-state index contributed by atoms with van der Waals surface area (Å²) in [4.78, 5) is 8.29. The zero-order chi connectivity index (χ0) is 13.7. The van der Waals surface area contributed by atoms with E-state index < -0.39 is 0 Å². The molecule has 0 amide bonds. The van der Waals surface area contributed by atoms with Gasteiger partial charge in [-0.25, -0.2) is 9.97 Å². The van der Waals surface area contributed by atoms with Crippen LogP contribution in [0.3, 0.4) is 0 Å². The first-order chi connectivity index (χ1) is 9.20. The van der Waals surface area contributed by atoms with Crippen molar-refractivity contribution in [1.82, 2.24) is 9.97 Å². The Morgan fingerprint density at radius 2 is 2.00 bits per heavy atom. The van der Waals surface area contributed by atoms with Crippen LogP contribution in [-0.2, 0) is 4.74 Å². The van der Waals surface area contributed by atoms with Crippen LogP contribution in [0, 0.1) is 0 Å². The lowest BCUT2D eigenvalue weighted by Crippen LogP contribution is -2.16. The summed E-state index contributed by atoms with van der Waals surface area (Å²) < 4.78 is 6.29. The first kappa shape index (κ1) is 14.2. The minimum absolute atomic E-state index is 0.152. The molecule has 1 atom stereocenters. The number of rotatable bonds is 5. The quantitative estimate of drug-likeness (QED) is 0.900. The number of halogens is 2. The Morgan fingerprint density at radius 1 is 1.32 bits per heavy atom. The van der Waals surface area contributed by atoms with Crippen molar-refractivity contribution < 1.29 is 4.74 Å². The van der Waals surface area contributed by atoms with Gasteiger partial charge in [0, 0.05) is 36.6 Å². The molecule has 0 saturated carbocycles. The second-order valence-electron chi connectivity index (χ2n) is 3.85. The number of hydrogen-bond acceptors (Lipinski definition) is 4. The van der Waals surface area contributed by atoms with E-state index in [0.717, 1.165) is 10.0 Å². The van der Waals surface area contributed by atoms with Crippen molar-refractivity contribution in [2.75, 3.05) is 19.0 Å². The van der Waals surface area contributed by atoms with Crippen molar-refractivity contribution >= 4 is 33.5 Å². The third-order valence-electron chi connectivity index (χ3n) is 2.60. The Labute approximate surface area is 125 Å². The summed E-state index contributed by atoms with van der Waals surface area (Å²) in [6.07, 6.45) is 3.22. The van der Waals surface area contributed by atoms with Gasteiger partial charge in [-0.15, -0.1) is 0 Å². The molecule has 19 heavy (non-hydrogen) atoms. The number of anilines is 1. The van der Waals surface area contributed by atoms with Crippen molar-refractivity contribution in [2.45, 2.75) is 6.10 Å². The minimum Gasteiger partial charge on any atom is -0.375 e. The van der Waals surface area contributed by atoms with Gasteiger partial charge in [0.25, 0.3) is 0 Å². The van der Waals surface area contributed by atoms with E-state index in [1.54, 1.807) is 19.5 Å². The molecule has 0 aliphatic rings. The van der Waals surface area contributed by atoms with E-state index in [-0.39, 0.29) is 6.10 Å². The van der Waals surface area contributed by atoms with E-state index >= 15 is 0 Å². The third kappa shape index (κ3) is 3.89. The van der Waals surface area contributed by atoms with Crippen molar-refractivity contribution in [3.63, 3.8) is 0 Å². The maximum atomic E-state index is 6.16. The van der Waals surface area contributed by atoms with E-state index in [2.05, 4.69) is 31.2 Å². The predicted octanol–water partition coefficient (Wildman–Crippen LogP) is 3.69. The highest BCUT2D eigenvalue weighted by Crippen LogP contribution is 2.25. The molecule has 0 aliphatic carbocycles. The summed E-state index contributed by atoms with van der Waals surface area (Å²) in [5, 5.41) is 3.81. The van der Waals surface area contributed by atoms with Crippen molar-refractivity contribution in [1.29, 1.82) is 0 Å². The van der Waals surface area contributed by atoms with Crippen molar-refractivity contribution in [3.8, 4) is 0 Å². The number of aromatic nitrogens is 2. The second kappa shape index (κ2) is 6.84. The zero-order valence-corrected chi connectivity index (χ0v) is 12.6. The van der Waals surface area contributed by atoms with Crippen LogP contribution in [0.25, 0.3) is 0 Å². The van der Waals surface area contributed by atoms with Crippen LogP contribution in [0.2, 0.25) is 5.02 Å². The number of hydrogen-bond donors (Lipinski definition) is 1. The lowest BCUT2D eigenvalue weighted by atomic mass is 10.1. The second-order valence-corrected chi connectivity index (χ2v) is 5.17. The summed E-state index contributed by atoms with van der Waals surface area (Å²) >= 11 is 9.45. The number of methoxy groups -OCH3 is 1. The van der Waals surface area contributed by atoms with Gasteiger partial charge in [0.05, 0.1) is 4.47 Å². The van der Waals surface area contributed by atoms with Crippen molar-refractivity contribution in [2.24, 2.45) is 0 Å². The molecule has 0 bridgehead atoms. The fourth-order valence-corrected chi connectivity index (χ4v) is 2.11. The van der Waals surface area contributed by atoms with E-state index in [4.69, 9.17) is 16.3 Å². The maximum Gasteiger partial charge on any atom is 0.222 e. The molecule has 0 fully saturated rings. The minimum atomic E-state index is -0.152. The Bertz CT molecular complexity index is 536. The van der Waals surface area contributed by atoms with Crippen LogP contribution in [0.5, 0.6) is 0 Å². The SMILES string of the molecule is COC(CNc1ncc(Br)cn1)c1ccccc1Cl. The number of nitrogens with zero attached hydrogens (tertiary/aromatic N) is 2. The van der Waals surface area contributed by atoms with E-state index in [9.17, 15) is 0 Å². The first-order valence-electron chi connectivity index (χ1n) is 5.69. The van der Waals surface area contributed by atoms with Crippen LogP contribution in [0.4, 0.5) is 5.95 Å². The highest BCUT2D eigenvalue weighted by Gasteiger charge is 2.13. The average Bonchev–Trinajstić information content (AvgIpc) is 2.43. The molecule has 100 valence electrons. The van der Waals surface area contributed by atoms with Gasteiger partial charge in [-0.2, -0.15) is 0 Å². The standard InChI is InChI=1S/C13H13BrClN3O/c1-19-12(10-4-2-3-5-11(10)15)8-18-13-16-6-9(14)7-17-13/h2-7,12H,8H2,1H3,(H,16,17,18). The fourth-order valence-electron chi connectivity index (χ4n) is 1.64. The van der Waals surface area contributed by atoms with Gasteiger partial charge in [0.15, 0.2) is 0 Å². The Morgan fingerprint density at radius 3 is 2.63 bits per heavy atom. The lowest BCUT2D eigenvalue weighted by molar-refractivity contribution is 0.114. The Kier molecular flexibility index (Phi) is 5.13. The molecule has 1 aromatic carbocycles. The van der Waals surface area contributed by atoms with E-state index in [1.807, 2.05) is 24.3 Å². The monoisotopic (exact) mass is 341 g/mol. The molecule has 4 nitrogen and oxygen atoms in total. The summed E-state index contributed by atoms with van der Waals surface area (Å²) in [5.74, 6) is 0.553. The molecule has 0 radical (unpaired) electrons. The predicted molar refractivity (Wildman–Crippen MR) is 79.4 cm³/mol. The van der Waals surface area contributed by atoms with Gasteiger partial charge < -0.3 is 10.1 Å². The Hall–Kier alpha value is -1.17. The molecule has 1 N–H and O–H groups in total. The van der Waals surface area contributed by atoms with E-state index in [1.165, 1.54) is 0 Å². The molecular formula is C13H13BrClN3O. The van der Waals surface area contributed by atoms with Crippen LogP contribution in [0.15, 0.2) is 41.1 Å². The van der Waals surface area contributed by atoms with Gasteiger partial charge in [-0.1, -0.05) is 29.8 Å². The molecule has 2 rings (SSSR count). The van der Waals surface area contributed by atoms with Gasteiger partial charge in [-0.3, -0.25) is 0 Å². The summed E-state index contributed by atoms with van der Waals surface area (Å²) in [7, 11) is 1.65. The largest absolute Gasteiger partial charge is 0.375 e. The molecule has 0 saturated heterocycles. The van der Waals surface area contributed by atoms with E-state index in [0.29, 0.717) is 17.5 Å². The molecule has 6 heteroatoms. The number of benzene rings is 1. The number of nitrogens with one attached hydrogen (secondary N) is 1. The summed E-state index contributed by atoms with van der Waals surface area (Å²) in [5.41, 5.74) is 0.941. The van der Waals surface area contributed by atoms with Gasteiger partial charge >= 0.3 is 0 Å². The molecule has 0 spiro atoms. The molecule has 1 aromatic heterocycles. The van der Waals surface area contributed by atoms with Gasteiger partial charge in [0.1, 0.15) is 6.10 Å². The smallest absolute Gasteiger partial charge is 0.222 e. The third-order valence-corrected chi connectivity index (χ3v) is 3.36. The normalized spacial score (nSPS) is 12.2. The first-order valence-corrected chi connectivity index (χ1v) is 6.86. The zero-order valence-electron chi connectivity index (χ0n) is 10.3. The van der Waals surface area contributed by atoms with Crippen LogP contribution >= 0.6 is 27.5 Å². The highest BCUT2D eigenvalue weighted by molar-refractivity contribution is 9.10. The molecule has 1 heterocycles. The maximum absolute atomic E-state index is 6.16. The van der Waals surface area contributed by atoms with Crippen LogP contribution in [0.1, 0.15) is 11.7 Å². The lowest BCUT2D eigenvalue weighted by Gasteiger charge is -2.17. The fraction of sp³-hybridized carbons (Fsp3) is 0.231. The summed E-state index contributed by atoms with van der Waals surface area (Å²) in [6, 6.07) is 7.62. The molecule has 2 aromatic rings.